The highest BCUT2D eigenvalue weighted by Gasteiger charge is 2.42. The van der Waals surface area contributed by atoms with Gasteiger partial charge in [-0.15, -0.1) is 0 Å². The quantitative estimate of drug-likeness (QED) is 0.515. The fourth-order valence-corrected chi connectivity index (χ4v) is 5.85. The normalized spacial score (nSPS) is 22.6. The molecule has 3 aromatic carbocycles. The molecule has 2 atom stereocenters. The van der Waals surface area contributed by atoms with Gasteiger partial charge in [0.1, 0.15) is 0 Å². The van der Waals surface area contributed by atoms with E-state index in [9.17, 15) is 4.79 Å². The molecule has 164 valence electrons. The predicted octanol–water partition coefficient (Wildman–Crippen LogP) is 5.58. The summed E-state index contributed by atoms with van der Waals surface area (Å²) >= 11 is 0. The van der Waals surface area contributed by atoms with E-state index in [-0.39, 0.29) is 5.91 Å². The van der Waals surface area contributed by atoms with Crippen molar-refractivity contribution in [1.29, 1.82) is 0 Å². The fraction of sp³-hybridized carbons (Fsp3) is 0.345. The van der Waals surface area contributed by atoms with Gasteiger partial charge in [0.15, 0.2) is 0 Å². The lowest BCUT2D eigenvalue weighted by molar-refractivity contribution is 0.0605. The lowest BCUT2D eigenvalue weighted by Crippen LogP contribution is -2.46. The standard InChI is InChI=1S/C29H32N2O/c1-30(29(32)27-15-9-8-14-26(27)23-12-6-3-7-13-23)21-28-24-16-17-25(28)20-31(19-24)18-22-10-4-2-5-11-22/h2-15,24-25,28H,16-21H2,1H3. The number of benzene rings is 3. The third-order valence-corrected chi connectivity index (χ3v) is 7.43. The van der Waals surface area contributed by atoms with Gasteiger partial charge in [-0.1, -0.05) is 78.9 Å². The minimum atomic E-state index is 0.135. The second-order valence-electron chi connectivity index (χ2n) is 9.54. The van der Waals surface area contributed by atoms with Crippen LogP contribution in [0.25, 0.3) is 11.1 Å². The van der Waals surface area contributed by atoms with Gasteiger partial charge in [-0.05, 0) is 53.4 Å². The highest BCUT2D eigenvalue weighted by Crippen LogP contribution is 2.42. The Bertz CT molecular complexity index is 1040. The maximum absolute atomic E-state index is 13.5. The molecule has 2 unspecified atom stereocenters. The van der Waals surface area contributed by atoms with Crippen LogP contribution in [0.1, 0.15) is 28.8 Å². The largest absolute Gasteiger partial charge is 0.341 e. The van der Waals surface area contributed by atoms with Gasteiger partial charge < -0.3 is 4.90 Å². The van der Waals surface area contributed by atoms with Gasteiger partial charge in [-0.3, -0.25) is 9.69 Å². The van der Waals surface area contributed by atoms with Gasteiger partial charge in [0.25, 0.3) is 5.91 Å². The number of fused-ring (bicyclic) bond motifs is 2. The Morgan fingerprint density at radius 2 is 1.44 bits per heavy atom. The number of hydrogen-bond donors (Lipinski definition) is 0. The maximum Gasteiger partial charge on any atom is 0.254 e. The number of amides is 1. The van der Waals surface area contributed by atoms with Crippen molar-refractivity contribution in [2.75, 3.05) is 26.7 Å². The smallest absolute Gasteiger partial charge is 0.254 e. The third-order valence-electron chi connectivity index (χ3n) is 7.43. The topological polar surface area (TPSA) is 23.6 Å². The van der Waals surface area contributed by atoms with Crippen LogP contribution in [0.4, 0.5) is 0 Å². The Kier molecular flexibility index (Phi) is 6.09. The molecular formula is C29H32N2O. The van der Waals surface area contributed by atoms with E-state index in [2.05, 4.69) is 53.4 Å². The molecule has 1 heterocycles. The highest BCUT2D eigenvalue weighted by molar-refractivity contribution is 6.00. The second kappa shape index (κ2) is 9.30. The van der Waals surface area contributed by atoms with Gasteiger partial charge in [-0.25, -0.2) is 0 Å². The Hall–Kier alpha value is -2.91. The summed E-state index contributed by atoms with van der Waals surface area (Å²) in [6.07, 6.45) is 2.59. The van der Waals surface area contributed by atoms with E-state index in [4.69, 9.17) is 0 Å². The zero-order valence-electron chi connectivity index (χ0n) is 18.9. The van der Waals surface area contributed by atoms with E-state index in [1.165, 1.54) is 18.4 Å². The predicted molar refractivity (Wildman–Crippen MR) is 130 cm³/mol. The number of piperidine rings is 1. The lowest BCUT2D eigenvalue weighted by atomic mass is 9.84. The summed E-state index contributed by atoms with van der Waals surface area (Å²) in [4.78, 5) is 18.1. The summed E-state index contributed by atoms with van der Waals surface area (Å²) in [7, 11) is 1.99. The second-order valence-corrected chi connectivity index (χ2v) is 9.54. The Morgan fingerprint density at radius 1 is 0.844 bits per heavy atom. The van der Waals surface area contributed by atoms with Crippen molar-refractivity contribution in [3.63, 3.8) is 0 Å². The third kappa shape index (κ3) is 4.35. The molecule has 2 fully saturated rings. The molecule has 1 saturated carbocycles. The number of carbonyl (C=O) groups is 1. The molecule has 0 radical (unpaired) electrons. The van der Waals surface area contributed by atoms with Gasteiger partial charge in [0.2, 0.25) is 0 Å². The molecular weight excluding hydrogens is 392 g/mol. The number of likely N-dealkylation sites (tertiary alicyclic amines) is 1. The average molecular weight is 425 g/mol. The molecule has 0 spiro atoms. The van der Waals surface area contributed by atoms with Gasteiger partial charge >= 0.3 is 0 Å². The summed E-state index contributed by atoms with van der Waals surface area (Å²) < 4.78 is 0. The van der Waals surface area contributed by atoms with E-state index in [0.29, 0.717) is 17.8 Å². The molecule has 3 heteroatoms. The lowest BCUT2D eigenvalue weighted by Gasteiger charge is -2.39. The molecule has 0 aromatic heterocycles. The summed E-state index contributed by atoms with van der Waals surface area (Å²) in [6.45, 7) is 4.20. The zero-order chi connectivity index (χ0) is 21.9. The van der Waals surface area contributed by atoms with Crippen LogP contribution in [0.5, 0.6) is 0 Å². The van der Waals surface area contributed by atoms with Crippen LogP contribution in [0, 0.1) is 17.8 Å². The Labute approximate surface area is 191 Å². The summed E-state index contributed by atoms with van der Waals surface area (Å²) in [5.74, 6) is 2.13. The molecule has 3 nitrogen and oxygen atoms in total. The monoisotopic (exact) mass is 424 g/mol. The fourth-order valence-electron chi connectivity index (χ4n) is 5.85. The number of hydrogen-bond acceptors (Lipinski definition) is 2. The van der Waals surface area contributed by atoms with E-state index in [1.807, 2.05) is 48.3 Å². The zero-order valence-corrected chi connectivity index (χ0v) is 18.9. The first-order valence-corrected chi connectivity index (χ1v) is 11.9. The van der Waals surface area contributed by atoms with E-state index < -0.39 is 0 Å². The van der Waals surface area contributed by atoms with Crippen LogP contribution < -0.4 is 0 Å². The first-order valence-electron chi connectivity index (χ1n) is 11.9. The van der Waals surface area contributed by atoms with Crippen LogP contribution in [-0.4, -0.2) is 42.4 Å². The molecule has 1 aliphatic heterocycles. The number of nitrogens with zero attached hydrogens (tertiary/aromatic N) is 2. The van der Waals surface area contributed by atoms with Crippen LogP contribution >= 0.6 is 0 Å². The Balaban J connectivity index is 1.26. The van der Waals surface area contributed by atoms with Crippen LogP contribution in [0.15, 0.2) is 84.9 Å². The molecule has 32 heavy (non-hydrogen) atoms. The van der Waals surface area contributed by atoms with Crippen molar-refractivity contribution in [2.45, 2.75) is 19.4 Å². The van der Waals surface area contributed by atoms with Crippen molar-refractivity contribution < 1.29 is 4.79 Å². The summed E-state index contributed by atoms with van der Waals surface area (Å²) in [5.41, 5.74) is 4.31. The molecule has 2 bridgehead atoms. The van der Waals surface area contributed by atoms with Crippen molar-refractivity contribution in [3.8, 4) is 11.1 Å². The van der Waals surface area contributed by atoms with Gasteiger partial charge in [0.05, 0.1) is 0 Å². The molecule has 3 aromatic rings. The van der Waals surface area contributed by atoms with E-state index in [0.717, 1.165) is 42.9 Å². The Morgan fingerprint density at radius 3 is 2.12 bits per heavy atom. The molecule has 1 amide bonds. The highest BCUT2D eigenvalue weighted by atomic mass is 16.2. The number of carbonyl (C=O) groups excluding carboxylic acids is 1. The first kappa shape index (κ1) is 21.0. The van der Waals surface area contributed by atoms with Gasteiger partial charge in [-0.2, -0.15) is 0 Å². The van der Waals surface area contributed by atoms with Crippen molar-refractivity contribution >= 4 is 5.91 Å². The van der Waals surface area contributed by atoms with Crippen LogP contribution in [0.2, 0.25) is 0 Å². The van der Waals surface area contributed by atoms with Crippen molar-refractivity contribution in [3.05, 3.63) is 96.1 Å². The molecule has 1 aliphatic carbocycles. The van der Waals surface area contributed by atoms with E-state index in [1.54, 1.807) is 0 Å². The maximum atomic E-state index is 13.5. The molecule has 1 saturated heterocycles. The van der Waals surface area contributed by atoms with Gasteiger partial charge in [0, 0.05) is 38.8 Å². The minimum absolute atomic E-state index is 0.135. The minimum Gasteiger partial charge on any atom is -0.341 e. The van der Waals surface area contributed by atoms with Crippen LogP contribution in [0.3, 0.4) is 0 Å². The van der Waals surface area contributed by atoms with Crippen molar-refractivity contribution in [2.24, 2.45) is 17.8 Å². The molecule has 0 N–H and O–H groups in total. The molecule has 2 aliphatic rings. The molecule has 5 rings (SSSR count). The number of rotatable bonds is 6. The first-order chi connectivity index (χ1) is 15.7. The van der Waals surface area contributed by atoms with E-state index >= 15 is 0 Å². The van der Waals surface area contributed by atoms with Crippen molar-refractivity contribution in [1.82, 2.24) is 9.80 Å². The SMILES string of the molecule is CN(CC1C2CCC1CN(Cc1ccccc1)C2)C(=O)c1ccccc1-c1ccccc1. The average Bonchev–Trinajstić information content (AvgIpc) is 3.07. The van der Waals surface area contributed by atoms with Crippen LogP contribution in [-0.2, 0) is 6.54 Å². The summed E-state index contributed by atoms with van der Waals surface area (Å²) in [6, 6.07) is 29.0. The summed E-state index contributed by atoms with van der Waals surface area (Å²) in [5, 5.41) is 0.